The van der Waals surface area contributed by atoms with Gasteiger partial charge in [0.2, 0.25) is 0 Å². The molecule has 0 spiro atoms. The molecule has 1 N–H and O–H groups in total. The van der Waals surface area contributed by atoms with Crippen molar-refractivity contribution in [2.45, 2.75) is 45.7 Å². The fraction of sp³-hybridized carbons (Fsp3) is 0.714. The van der Waals surface area contributed by atoms with E-state index in [2.05, 4.69) is 10.4 Å². The van der Waals surface area contributed by atoms with Crippen LogP contribution in [0.2, 0.25) is 0 Å². The van der Waals surface area contributed by atoms with Gasteiger partial charge in [0, 0.05) is 37.7 Å². The zero-order valence-electron chi connectivity index (χ0n) is 12.6. The van der Waals surface area contributed by atoms with E-state index in [4.69, 9.17) is 0 Å². The molecule has 0 aromatic carbocycles. The summed E-state index contributed by atoms with van der Waals surface area (Å²) in [5.41, 5.74) is 1.90. The van der Waals surface area contributed by atoms with E-state index in [1.807, 2.05) is 24.6 Å². The standard InChI is InChI=1S/C14H23N3O3S/c1-3-11-7-13(17(4-2)16-11)9-14(18)8-12-10-21(19,20)6-5-15-12/h7,12,15H,3-6,8-10H2,1-2H3. The number of rotatable bonds is 6. The first-order valence-electron chi connectivity index (χ1n) is 7.44. The minimum absolute atomic E-state index is 0.0573. The zero-order chi connectivity index (χ0) is 15.5. The molecule has 1 aliphatic heterocycles. The maximum atomic E-state index is 12.2. The molecule has 0 amide bonds. The summed E-state index contributed by atoms with van der Waals surface area (Å²) in [6.07, 6.45) is 1.42. The Labute approximate surface area is 125 Å². The van der Waals surface area contributed by atoms with Crippen molar-refractivity contribution in [2.75, 3.05) is 18.1 Å². The smallest absolute Gasteiger partial charge is 0.153 e. The van der Waals surface area contributed by atoms with E-state index in [1.54, 1.807) is 0 Å². The predicted octanol–water partition coefficient (Wildman–Crippen LogP) is 0.354. The molecule has 1 fully saturated rings. The number of Topliss-reactive ketones (excluding diaryl/α,β-unsaturated/α-hetero) is 1. The first-order valence-corrected chi connectivity index (χ1v) is 9.26. The first kappa shape index (κ1) is 16.2. The number of nitrogens with zero attached hydrogens (tertiary/aromatic N) is 2. The number of carbonyl (C=O) groups is 1. The molecule has 118 valence electrons. The van der Waals surface area contributed by atoms with Gasteiger partial charge in [-0.15, -0.1) is 0 Å². The molecule has 1 aliphatic rings. The van der Waals surface area contributed by atoms with Gasteiger partial charge in [-0.25, -0.2) is 8.42 Å². The monoisotopic (exact) mass is 313 g/mol. The molecule has 1 atom stereocenters. The van der Waals surface area contributed by atoms with Crippen molar-refractivity contribution in [1.29, 1.82) is 0 Å². The van der Waals surface area contributed by atoms with Crippen LogP contribution in [0.5, 0.6) is 0 Å². The van der Waals surface area contributed by atoms with Gasteiger partial charge in [0.15, 0.2) is 9.84 Å². The maximum Gasteiger partial charge on any atom is 0.153 e. The van der Waals surface area contributed by atoms with Crippen molar-refractivity contribution in [3.05, 3.63) is 17.5 Å². The average molecular weight is 313 g/mol. The van der Waals surface area contributed by atoms with E-state index < -0.39 is 9.84 Å². The largest absolute Gasteiger partial charge is 0.312 e. The zero-order valence-corrected chi connectivity index (χ0v) is 13.4. The Morgan fingerprint density at radius 2 is 2.24 bits per heavy atom. The third-order valence-corrected chi connectivity index (χ3v) is 5.47. The lowest BCUT2D eigenvalue weighted by atomic mass is 10.1. The van der Waals surface area contributed by atoms with Gasteiger partial charge in [-0.3, -0.25) is 9.48 Å². The second-order valence-corrected chi connectivity index (χ2v) is 7.71. The van der Waals surface area contributed by atoms with Gasteiger partial charge in [-0.2, -0.15) is 5.10 Å². The van der Waals surface area contributed by atoms with Gasteiger partial charge < -0.3 is 5.32 Å². The van der Waals surface area contributed by atoms with Crippen LogP contribution in [0.1, 0.15) is 31.7 Å². The van der Waals surface area contributed by atoms with Crippen molar-refractivity contribution in [3.63, 3.8) is 0 Å². The minimum atomic E-state index is -3.00. The van der Waals surface area contributed by atoms with Crippen molar-refractivity contribution >= 4 is 15.6 Å². The van der Waals surface area contributed by atoms with Gasteiger partial charge in [-0.1, -0.05) is 6.92 Å². The third-order valence-electron chi connectivity index (χ3n) is 3.73. The molecule has 7 heteroatoms. The molecule has 21 heavy (non-hydrogen) atoms. The molecule has 1 unspecified atom stereocenters. The SMILES string of the molecule is CCc1cc(CC(=O)CC2CS(=O)(=O)CCN2)n(CC)n1. The van der Waals surface area contributed by atoms with Gasteiger partial charge in [0.25, 0.3) is 0 Å². The molecule has 0 radical (unpaired) electrons. The van der Waals surface area contributed by atoms with Crippen LogP contribution in [-0.4, -0.2) is 48.1 Å². The Morgan fingerprint density at radius 3 is 2.86 bits per heavy atom. The van der Waals surface area contributed by atoms with Gasteiger partial charge in [0.05, 0.1) is 17.2 Å². The number of sulfone groups is 1. The summed E-state index contributed by atoms with van der Waals surface area (Å²) < 4.78 is 25.0. The topological polar surface area (TPSA) is 81.1 Å². The average Bonchev–Trinajstić information content (AvgIpc) is 2.79. The Kier molecular flexibility index (Phi) is 5.16. The summed E-state index contributed by atoms with van der Waals surface area (Å²) in [4.78, 5) is 12.2. The normalized spacial score (nSPS) is 21.3. The Hall–Kier alpha value is -1.21. The lowest BCUT2D eigenvalue weighted by molar-refractivity contribution is -0.118. The Bertz CT molecular complexity index is 607. The molecule has 1 aromatic rings. The summed E-state index contributed by atoms with van der Waals surface area (Å²) in [7, 11) is -3.00. The van der Waals surface area contributed by atoms with Crippen LogP contribution < -0.4 is 5.32 Å². The van der Waals surface area contributed by atoms with E-state index in [0.29, 0.717) is 13.0 Å². The second-order valence-electron chi connectivity index (χ2n) is 5.48. The summed E-state index contributed by atoms with van der Waals surface area (Å²) in [5.74, 6) is 0.286. The molecule has 1 saturated heterocycles. The van der Waals surface area contributed by atoms with E-state index in [9.17, 15) is 13.2 Å². The highest BCUT2D eigenvalue weighted by molar-refractivity contribution is 7.91. The lowest BCUT2D eigenvalue weighted by Crippen LogP contribution is -2.46. The van der Waals surface area contributed by atoms with Gasteiger partial charge in [0.1, 0.15) is 5.78 Å². The third kappa shape index (κ3) is 4.38. The summed E-state index contributed by atoms with van der Waals surface area (Å²) in [6, 6.07) is 1.71. The highest BCUT2D eigenvalue weighted by atomic mass is 32.2. The number of aryl methyl sites for hydroxylation is 2. The number of ketones is 1. The van der Waals surface area contributed by atoms with Gasteiger partial charge >= 0.3 is 0 Å². The van der Waals surface area contributed by atoms with Gasteiger partial charge in [-0.05, 0) is 19.4 Å². The van der Waals surface area contributed by atoms with E-state index in [-0.39, 0.29) is 29.8 Å². The summed E-state index contributed by atoms with van der Waals surface area (Å²) in [5, 5.41) is 7.54. The van der Waals surface area contributed by atoms with Crippen molar-refractivity contribution in [2.24, 2.45) is 0 Å². The molecule has 6 nitrogen and oxygen atoms in total. The number of hydrogen-bond acceptors (Lipinski definition) is 5. The predicted molar refractivity (Wildman–Crippen MR) is 81.1 cm³/mol. The Balaban J connectivity index is 1.97. The molecule has 0 bridgehead atoms. The first-order chi connectivity index (χ1) is 9.93. The van der Waals surface area contributed by atoms with E-state index in [1.165, 1.54) is 0 Å². The van der Waals surface area contributed by atoms with Crippen LogP contribution in [0.3, 0.4) is 0 Å². The van der Waals surface area contributed by atoms with Crippen LogP contribution in [-0.2, 0) is 34.0 Å². The van der Waals surface area contributed by atoms with Crippen molar-refractivity contribution < 1.29 is 13.2 Å². The van der Waals surface area contributed by atoms with Crippen LogP contribution in [0.15, 0.2) is 6.07 Å². The van der Waals surface area contributed by atoms with Crippen LogP contribution >= 0.6 is 0 Å². The van der Waals surface area contributed by atoms with Crippen molar-refractivity contribution in [1.82, 2.24) is 15.1 Å². The molecule has 2 rings (SSSR count). The number of hydrogen-bond donors (Lipinski definition) is 1. The maximum absolute atomic E-state index is 12.2. The number of aromatic nitrogens is 2. The second kappa shape index (κ2) is 6.70. The highest BCUT2D eigenvalue weighted by Crippen LogP contribution is 2.11. The molecule has 2 heterocycles. The summed E-state index contributed by atoms with van der Waals surface area (Å²) in [6.45, 7) is 5.20. The Morgan fingerprint density at radius 1 is 1.48 bits per heavy atom. The fourth-order valence-electron chi connectivity index (χ4n) is 2.65. The van der Waals surface area contributed by atoms with Crippen LogP contribution in [0.25, 0.3) is 0 Å². The fourth-order valence-corrected chi connectivity index (χ4v) is 4.10. The minimum Gasteiger partial charge on any atom is -0.312 e. The highest BCUT2D eigenvalue weighted by Gasteiger charge is 2.26. The molecule has 1 aromatic heterocycles. The summed E-state index contributed by atoms with van der Waals surface area (Å²) >= 11 is 0. The molecular formula is C14H23N3O3S. The van der Waals surface area contributed by atoms with Crippen LogP contribution in [0, 0.1) is 0 Å². The molecule has 0 aliphatic carbocycles. The number of carbonyl (C=O) groups excluding carboxylic acids is 1. The quantitative estimate of drug-likeness (QED) is 0.820. The van der Waals surface area contributed by atoms with Crippen LogP contribution in [0.4, 0.5) is 0 Å². The lowest BCUT2D eigenvalue weighted by Gasteiger charge is -2.22. The van der Waals surface area contributed by atoms with E-state index in [0.717, 1.165) is 24.4 Å². The van der Waals surface area contributed by atoms with Crippen molar-refractivity contribution in [3.8, 4) is 0 Å². The molecule has 0 saturated carbocycles. The number of nitrogens with one attached hydrogen (secondary N) is 1. The van der Waals surface area contributed by atoms with E-state index >= 15 is 0 Å². The molecular weight excluding hydrogens is 290 g/mol.